The first-order chi connectivity index (χ1) is 4.04. The zero-order chi connectivity index (χ0) is 7.44. The first-order valence-corrected chi connectivity index (χ1v) is 3.06. The van der Waals surface area contributed by atoms with Crippen LogP contribution < -0.4 is 0 Å². The van der Waals surface area contributed by atoms with Gasteiger partial charge in [0.25, 0.3) is 0 Å². The number of hydrogen-bond acceptors (Lipinski definition) is 2. The molecule has 2 nitrogen and oxygen atoms in total. The fraction of sp³-hybridized carbons (Fsp3) is 0.714. The van der Waals surface area contributed by atoms with Crippen LogP contribution in [0, 0.1) is 5.92 Å². The van der Waals surface area contributed by atoms with Gasteiger partial charge in [-0.1, -0.05) is 13.8 Å². The topological polar surface area (TPSA) is 34.1 Å². The van der Waals surface area contributed by atoms with Crippen LogP contribution in [0.1, 0.15) is 27.2 Å². The van der Waals surface area contributed by atoms with Crippen LogP contribution in [-0.4, -0.2) is 11.6 Å². The van der Waals surface area contributed by atoms with Gasteiger partial charge in [0.05, 0.1) is 6.42 Å². The Kier molecular flexibility index (Phi) is 7.34. The van der Waals surface area contributed by atoms with Gasteiger partial charge in [0.15, 0.2) is 0 Å². The predicted molar refractivity (Wildman–Crippen MR) is 35.1 cm³/mol. The summed E-state index contributed by atoms with van der Waals surface area (Å²) in [4.78, 5) is 21.1. The van der Waals surface area contributed by atoms with E-state index in [9.17, 15) is 9.59 Å². The molecule has 0 fully saturated rings. The van der Waals surface area contributed by atoms with Crippen LogP contribution in [0.3, 0.4) is 0 Å². The maximum absolute atomic E-state index is 10.7. The van der Waals surface area contributed by atoms with Crippen LogP contribution in [0.15, 0.2) is 0 Å². The van der Waals surface area contributed by atoms with Crippen molar-refractivity contribution >= 4 is 11.6 Å². The van der Waals surface area contributed by atoms with Crippen molar-refractivity contribution in [2.75, 3.05) is 0 Å². The summed E-state index contributed by atoms with van der Waals surface area (Å²) < 4.78 is 0. The molecule has 0 saturated heterocycles. The normalized spacial score (nSPS) is 8.80. The molecule has 0 N–H and O–H groups in total. The Bertz CT molecular complexity index is 130. The first kappa shape index (κ1) is 12.7. The molecule has 0 aliphatic heterocycles. The molecule has 0 atom stereocenters. The van der Waals surface area contributed by atoms with Crippen molar-refractivity contribution in [2.45, 2.75) is 27.2 Å². The summed E-state index contributed by atoms with van der Waals surface area (Å²) in [5, 5.41) is 0. The molecule has 0 aromatic carbocycles. The van der Waals surface area contributed by atoms with Crippen LogP contribution in [0.25, 0.3) is 0 Å². The number of Topliss-reactive ketones (excluding diaryl/α,β-unsaturated/α-hetero) is 2. The van der Waals surface area contributed by atoms with E-state index in [1.54, 1.807) is 13.8 Å². The van der Waals surface area contributed by atoms with E-state index in [4.69, 9.17) is 0 Å². The van der Waals surface area contributed by atoms with Crippen molar-refractivity contribution in [2.24, 2.45) is 5.92 Å². The average molecular weight is 323 g/mol. The Labute approximate surface area is 75.6 Å². The van der Waals surface area contributed by atoms with Crippen molar-refractivity contribution in [3.63, 3.8) is 0 Å². The minimum Gasteiger partial charge on any atom is -0.300 e. The van der Waals surface area contributed by atoms with E-state index >= 15 is 0 Å². The van der Waals surface area contributed by atoms with E-state index in [-0.39, 0.29) is 45.0 Å². The minimum atomic E-state index is -0.0475. The zero-order valence-corrected chi connectivity index (χ0v) is 8.69. The molecule has 0 aliphatic carbocycles. The van der Waals surface area contributed by atoms with Crippen molar-refractivity contribution in [3.05, 3.63) is 0 Å². The molecule has 0 saturated carbocycles. The molecule has 0 bridgehead atoms. The maximum Gasteiger partial charge on any atom is 0.142 e. The zero-order valence-electron chi connectivity index (χ0n) is 6.42. The predicted octanol–water partition coefficient (Wildman–Crippen LogP) is 1.19. The summed E-state index contributed by atoms with van der Waals surface area (Å²) in [5.74, 6) is -0.0231. The minimum absolute atomic E-state index is 0. The van der Waals surface area contributed by atoms with Gasteiger partial charge in [-0.05, 0) is 6.92 Å². The van der Waals surface area contributed by atoms with Gasteiger partial charge >= 0.3 is 0 Å². The van der Waals surface area contributed by atoms with Crippen LogP contribution >= 0.6 is 0 Å². The number of carbonyl (C=O) groups is 2. The van der Waals surface area contributed by atoms with E-state index in [1.807, 2.05) is 0 Å². The van der Waals surface area contributed by atoms with Crippen LogP contribution in [0.4, 0.5) is 0 Å². The summed E-state index contributed by atoms with van der Waals surface area (Å²) in [6.45, 7) is 5.02. The van der Waals surface area contributed by atoms with Crippen molar-refractivity contribution < 1.29 is 30.7 Å². The Morgan fingerprint density at radius 1 is 1.30 bits per heavy atom. The summed E-state index contributed by atoms with van der Waals surface area (Å²) in [6, 6.07) is 0. The van der Waals surface area contributed by atoms with Crippen molar-refractivity contribution in [1.29, 1.82) is 0 Å². The van der Waals surface area contributed by atoms with E-state index in [0.717, 1.165) is 0 Å². The Morgan fingerprint density at radius 3 is 1.80 bits per heavy atom. The quantitative estimate of drug-likeness (QED) is 0.731. The second kappa shape index (κ2) is 5.79. The molecule has 10 heavy (non-hydrogen) atoms. The summed E-state index contributed by atoms with van der Waals surface area (Å²) in [5.41, 5.74) is 0. The molecule has 0 aromatic heterocycles. The SMILES string of the molecule is CC(=O)CC(=O)C(C)C.[Pt]. The fourth-order valence-corrected chi connectivity index (χ4v) is 0.449. The third-order valence-corrected chi connectivity index (χ3v) is 1.07. The van der Waals surface area contributed by atoms with Gasteiger partial charge in [0.2, 0.25) is 0 Å². The molecule has 0 aliphatic rings. The molecular weight excluding hydrogens is 311 g/mol. The number of rotatable bonds is 3. The van der Waals surface area contributed by atoms with Crippen LogP contribution in [0.2, 0.25) is 0 Å². The van der Waals surface area contributed by atoms with Crippen LogP contribution in [-0.2, 0) is 30.7 Å². The second-order valence-corrected chi connectivity index (χ2v) is 2.50. The Morgan fingerprint density at radius 2 is 1.70 bits per heavy atom. The molecule has 0 heterocycles. The van der Waals surface area contributed by atoms with E-state index < -0.39 is 0 Å². The molecule has 0 spiro atoms. The van der Waals surface area contributed by atoms with Gasteiger partial charge in [-0.3, -0.25) is 9.59 Å². The molecule has 62 valence electrons. The molecule has 0 radical (unpaired) electrons. The van der Waals surface area contributed by atoms with Crippen molar-refractivity contribution in [3.8, 4) is 0 Å². The molecule has 0 rings (SSSR count). The van der Waals surface area contributed by atoms with Gasteiger partial charge in [0.1, 0.15) is 11.6 Å². The molecular formula is C7H12O2Pt. The van der Waals surface area contributed by atoms with Gasteiger partial charge in [-0.25, -0.2) is 0 Å². The van der Waals surface area contributed by atoms with E-state index in [0.29, 0.717) is 0 Å². The largest absolute Gasteiger partial charge is 0.300 e. The molecule has 0 amide bonds. The smallest absolute Gasteiger partial charge is 0.142 e. The fourth-order valence-electron chi connectivity index (χ4n) is 0.449. The third-order valence-electron chi connectivity index (χ3n) is 1.07. The third kappa shape index (κ3) is 6.15. The molecule has 3 heteroatoms. The molecule has 0 unspecified atom stereocenters. The average Bonchev–Trinajstić information content (AvgIpc) is 1.63. The summed E-state index contributed by atoms with van der Waals surface area (Å²) in [6.07, 6.45) is 0.0949. The number of hydrogen-bond donors (Lipinski definition) is 0. The Hall–Kier alpha value is 0.0283. The first-order valence-electron chi connectivity index (χ1n) is 3.06. The van der Waals surface area contributed by atoms with Gasteiger partial charge in [-0.15, -0.1) is 0 Å². The number of ketones is 2. The summed E-state index contributed by atoms with van der Waals surface area (Å²) in [7, 11) is 0. The van der Waals surface area contributed by atoms with Gasteiger partial charge in [-0.2, -0.15) is 0 Å². The number of carbonyl (C=O) groups excluding carboxylic acids is 2. The second-order valence-electron chi connectivity index (χ2n) is 2.50. The van der Waals surface area contributed by atoms with E-state index in [2.05, 4.69) is 0 Å². The monoisotopic (exact) mass is 323 g/mol. The maximum atomic E-state index is 10.7. The van der Waals surface area contributed by atoms with Gasteiger partial charge < -0.3 is 0 Å². The van der Waals surface area contributed by atoms with Gasteiger partial charge in [0, 0.05) is 27.0 Å². The van der Waals surface area contributed by atoms with E-state index in [1.165, 1.54) is 6.92 Å². The Balaban J connectivity index is 0. The standard InChI is InChI=1S/C7H12O2.Pt/c1-5(2)7(9)4-6(3)8;/h5H,4H2,1-3H3;. The van der Waals surface area contributed by atoms with Crippen molar-refractivity contribution in [1.82, 2.24) is 0 Å². The van der Waals surface area contributed by atoms with Crippen LogP contribution in [0.5, 0.6) is 0 Å². The molecule has 0 aromatic rings. The summed E-state index contributed by atoms with van der Waals surface area (Å²) >= 11 is 0.